The highest BCUT2D eigenvalue weighted by Gasteiger charge is 2.49. The number of hydrogen-bond acceptors (Lipinski definition) is 2. The van der Waals surface area contributed by atoms with E-state index >= 15 is 0 Å². The Morgan fingerprint density at radius 2 is 2.00 bits per heavy atom. The van der Waals surface area contributed by atoms with Crippen LogP contribution in [0.25, 0.3) is 0 Å². The Kier molecular flexibility index (Phi) is 2.61. The maximum atomic E-state index is 5.51. The summed E-state index contributed by atoms with van der Waals surface area (Å²) >= 11 is 0. The third-order valence-electron chi connectivity index (χ3n) is 4.29. The van der Waals surface area contributed by atoms with Crippen molar-refractivity contribution in [3.63, 3.8) is 0 Å². The first-order chi connectivity index (χ1) is 6.58. The zero-order chi connectivity index (χ0) is 10.2. The minimum atomic E-state index is 0.0354. The highest BCUT2D eigenvalue weighted by Crippen LogP contribution is 2.47. The van der Waals surface area contributed by atoms with Gasteiger partial charge in [-0.25, -0.2) is 0 Å². The Hall–Kier alpha value is -0.0800. The average molecular weight is 197 g/mol. The average Bonchev–Trinajstić information content (AvgIpc) is 2.64. The maximum Gasteiger partial charge on any atom is 0.0637 e. The molecule has 0 radical (unpaired) electrons. The first kappa shape index (κ1) is 10.4. The smallest absolute Gasteiger partial charge is 0.0637 e. The second-order valence-electron chi connectivity index (χ2n) is 5.67. The van der Waals surface area contributed by atoms with Crippen molar-refractivity contribution < 1.29 is 4.74 Å². The minimum Gasteiger partial charge on any atom is -0.379 e. The monoisotopic (exact) mass is 197 g/mol. The number of rotatable bonds is 3. The van der Waals surface area contributed by atoms with Crippen molar-refractivity contribution >= 4 is 0 Å². The van der Waals surface area contributed by atoms with Crippen molar-refractivity contribution in [1.82, 2.24) is 5.32 Å². The molecule has 1 saturated heterocycles. The fourth-order valence-corrected chi connectivity index (χ4v) is 3.00. The van der Waals surface area contributed by atoms with Crippen molar-refractivity contribution in [2.24, 2.45) is 5.41 Å². The molecule has 82 valence electrons. The van der Waals surface area contributed by atoms with Crippen molar-refractivity contribution in [2.75, 3.05) is 13.7 Å². The van der Waals surface area contributed by atoms with Crippen molar-refractivity contribution in [2.45, 2.75) is 57.6 Å². The summed E-state index contributed by atoms with van der Waals surface area (Å²) < 4.78 is 5.51. The van der Waals surface area contributed by atoms with E-state index in [4.69, 9.17) is 4.74 Å². The first-order valence-electron chi connectivity index (χ1n) is 5.87. The predicted molar refractivity (Wildman–Crippen MR) is 58.4 cm³/mol. The Labute approximate surface area is 87.4 Å². The van der Waals surface area contributed by atoms with E-state index in [0.717, 1.165) is 6.42 Å². The van der Waals surface area contributed by atoms with Crippen LogP contribution in [0, 0.1) is 5.41 Å². The van der Waals surface area contributed by atoms with Crippen LogP contribution in [0.2, 0.25) is 0 Å². The van der Waals surface area contributed by atoms with Gasteiger partial charge in [0.1, 0.15) is 0 Å². The van der Waals surface area contributed by atoms with Gasteiger partial charge in [-0.2, -0.15) is 0 Å². The van der Waals surface area contributed by atoms with Crippen LogP contribution >= 0.6 is 0 Å². The molecule has 1 aliphatic carbocycles. The number of hydrogen-bond donors (Lipinski definition) is 1. The summed E-state index contributed by atoms with van der Waals surface area (Å²) in [6.07, 6.45) is 6.90. The molecule has 0 aromatic carbocycles. The van der Waals surface area contributed by atoms with Crippen molar-refractivity contribution in [3.8, 4) is 0 Å². The Morgan fingerprint density at radius 3 is 2.43 bits per heavy atom. The lowest BCUT2D eigenvalue weighted by atomic mass is 9.69. The molecule has 1 atom stereocenters. The summed E-state index contributed by atoms with van der Waals surface area (Å²) in [5.74, 6) is 0. The van der Waals surface area contributed by atoms with E-state index < -0.39 is 0 Å². The van der Waals surface area contributed by atoms with Crippen LogP contribution in [0.15, 0.2) is 0 Å². The molecule has 1 unspecified atom stereocenters. The van der Waals surface area contributed by atoms with Crippen molar-refractivity contribution in [3.05, 3.63) is 0 Å². The molecule has 2 heteroatoms. The molecule has 1 saturated carbocycles. The van der Waals surface area contributed by atoms with Crippen LogP contribution in [-0.2, 0) is 4.74 Å². The lowest BCUT2D eigenvalue weighted by Crippen LogP contribution is -2.63. The molecule has 0 bridgehead atoms. The predicted octanol–water partition coefficient (Wildman–Crippen LogP) is 2.33. The van der Waals surface area contributed by atoms with Crippen molar-refractivity contribution in [1.29, 1.82) is 0 Å². The van der Waals surface area contributed by atoms with E-state index in [9.17, 15) is 0 Å². The third-order valence-corrected chi connectivity index (χ3v) is 4.29. The largest absolute Gasteiger partial charge is 0.379 e. The standard InChI is InChI=1S/C12H23NO/c1-11(2,14-3)8-10-12(9-13-10)6-4-5-7-12/h10,13H,4-9H2,1-3H3. The van der Waals surface area contributed by atoms with Crippen LogP contribution in [0.3, 0.4) is 0 Å². The van der Waals surface area contributed by atoms with Crippen LogP contribution in [0.5, 0.6) is 0 Å². The zero-order valence-electron chi connectivity index (χ0n) is 9.73. The molecular formula is C12H23NO. The van der Waals surface area contributed by atoms with Gasteiger partial charge in [-0.3, -0.25) is 0 Å². The number of methoxy groups -OCH3 is 1. The summed E-state index contributed by atoms with van der Waals surface area (Å²) in [5, 5.41) is 3.59. The first-order valence-corrected chi connectivity index (χ1v) is 5.87. The molecule has 1 N–H and O–H groups in total. The third kappa shape index (κ3) is 1.70. The lowest BCUT2D eigenvalue weighted by molar-refractivity contribution is -0.0319. The highest BCUT2D eigenvalue weighted by molar-refractivity contribution is 5.05. The van der Waals surface area contributed by atoms with Gasteiger partial charge in [0.15, 0.2) is 0 Å². The summed E-state index contributed by atoms with van der Waals surface area (Å²) in [6.45, 7) is 5.63. The van der Waals surface area contributed by atoms with E-state index in [1.165, 1.54) is 32.2 Å². The molecule has 0 amide bonds. The molecule has 2 fully saturated rings. The summed E-state index contributed by atoms with van der Waals surface area (Å²) in [5.41, 5.74) is 0.684. The number of ether oxygens (including phenoxy) is 1. The zero-order valence-corrected chi connectivity index (χ0v) is 9.73. The highest BCUT2D eigenvalue weighted by atomic mass is 16.5. The van der Waals surface area contributed by atoms with Gasteiger partial charge in [-0.1, -0.05) is 12.8 Å². The van der Waals surface area contributed by atoms with Crippen LogP contribution in [0.4, 0.5) is 0 Å². The molecule has 2 aliphatic rings. The van der Waals surface area contributed by atoms with Gasteiger partial charge in [0.05, 0.1) is 5.60 Å². The Balaban J connectivity index is 1.93. The van der Waals surface area contributed by atoms with Gasteiger partial charge in [0.25, 0.3) is 0 Å². The van der Waals surface area contributed by atoms with Gasteiger partial charge >= 0.3 is 0 Å². The van der Waals surface area contributed by atoms with Gasteiger partial charge in [0, 0.05) is 19.7 Å². The molecule has 2 nitrogen and oxygen atoms in total. The fourth-order valence-electron chi connectivity index (χ4n) is 3.00. The second kappa shape index (κ2) is 3.49. The van der Waals surface area contributed by atoms with Crippen LogP contribution in [-0.4, -0.2) is 25.3 Å². The van der Waals surface area contributed by atoms with Gasteiger partial charge in [0.2, 0.25) is 0 Å². The topological polar surface area (TPSA) is 21.3 Å². The van der Waals surface area contributed by atoms with E-state index in [-0.39, 0.29) is 5.60 Å². The minimum absolute atomic E-state index is 0.0354. The van der Waals surface area contributed by atoms with Crippen LogP contribution < -0.4 is 5.32 Å². The summed E-state index contributed by atoms with van der Waals surface area (Å²) in [4.78, 5) is 0. The molecular weight excluding hydrogens is 174 g/mol. The number of nitrogens with one attached hydrogen (secondary N) is 1. The Bertz CT molecular complexity index is 206. The van der Waals surface area contributed by atoms with Crippen LogP contribution in [0.1, 0.15) is 46.0 Å². The SMILES string of the molecule is COC(C)(C)CC1NCC12CCCC2. The van der Waals surface area contributed by atoms with E-state index in [0.29, 0.717) is 11.5 Å². The summed E-state index contributed by atoms with van der Waals surface area (Å²) in [6, 6.07) is 0.708. The van der Waals surface area contributed by atoms with E-state index in [1.54, 1.807) is 0 Å². The molecule has 1 heterocycles. The fraction of sp³-hybridized carbons (Fsp3) is 1.00. The molecule has 1 aliphatic heterocycles. The van der Waals surface area contributed by atoms with Gasteiger partial charge in [-0.15, -0.1) is 0 Å². The molecule has 14 heavy (non-hydrogen) atoms. The second-order valence-corrected chi connectivity index (χ2v) is 5.67. The normalized spacial score (nSPS) is 30.6. The van der Waals surface area contributed by atoms with Gasteiger partial charge < -0.3 is 10.1 Å². The summed E-state index contributed by atoms with van der Waals surface area (Å²) in [7, 11) is 1.82. The Morgan fingerprint density at radius 1 is 1.36 bits per heavy atom. The lowest BCUT2D eigenvalue weighted by Gasteiger charge is -2.51. The molecule has 0 aromatic heterocycles. The molecule has 1 spiro atoms. The molecule has 0 aromatic rings. The maximum absolute atomic E-state index is 5.51. The van der Waals surface area contributed by atoms with Gasteiger partial charge in [-0.05, 0) is 38.5 Å². The van der Waals surface area contributed by atoms with E-state index in [2.05, 4.69) is 19.2 Å². The quantitative estimate of drug-likeness (QED) is 0.750. The van der Waals surface area contributed by atoms with E-state index in [1.807, 2.05) is 7.11 Å². The molecule has 2 rings (SSSR count).